The molecular formula is C21H38O. The minimum absolute atomic E-state index is 0.0815. The molecule has 1 aromatic rings. The maximum Gasteiger partial charge on any atom is 0.126 e. The quantitative estimate of drug-likeness (QED) is 0.527. The average molecular weight is 307 g/mol. The van der Waals surface area contributed by atoms with Gasteiger partial charge in [-0.3, -0.25) is 0 Å². The van der Waals surface area contributed by atoms with Crippen LogP contribution in [-0.4, -0.2) is 5.60 Å². The molecule has 0 amide bonds. The van der Waals surface area contributed by atoms with Crippen molar-refractivity contribution < 1.29 is 4.74 Å². The highest BCUT2D eigenvalue weighted by Gasteiger charge is 2.47. The van der Waals surface area contributed by atoms with Crippen LogP contribution in [0, 0.1) is 5.41 Å². The molecule has 22 heavy (non-hydrogen) atoms. The van der Waals surface area contributed by atoms with E-state index in [4.69, 9.17) is 4.74 Å². The Balaban J connectivity index is 0. The van der Waals surface area contributed by atoms with Crippen LogP contribution in [-0.2, 0) is 4.74 Å². The average Bonchev–Trinajstić information content (AvgIpc) is 2.73. The Kier molecular flexibility index (Phi) is 11.0. The van der Waals surface area contributed by atoms with Crippen molar-refractivity contribution in [3.05, 3.63) is 41.5 Å². The molecule has 0 atom stereocenters. The van der Waals surface area contributed by atoms with Crippen molar-refractivity contribution in [1.29, 1.82) is 0 Å². The maximum atomic E-state index is 6.14. The molecule has 1 heterocycles. The van der Waals surface area contributed by atoms with Gasteiger partial charge in [0.2, 0.25) is 0 Å². The first kappa shape index (κ1) is 23.0. The number of ether oxygens (including phenoxy) is 1. The van der Waals surface area contributed by atoms with Gasteiger partial charge in [0, 0.05) is 11.0 Å². The van der Waals surface area contributed by atoms with Gasteiger partial charge in [-0.2, -0.15) is 0 Å². The van der Waals surface area contributed by atoms with Gasteiger partial charge in [0.1, 0.15) is 11.4 Å². The predicted octanol–water partition coefficient (Wildman–Crippen LogP) is 7.33. The summed E-state index contributed by atoms with van der Waals surface area (Å²) in [5, 5.41) is 0. The van der Waals surface area contributed by atoms with E-state index in [0.29, 0.717) is 0 Å². The molecule has 0 unspecified atom stereocenters. The first-order chi connectivity index (χ1) is 10.4. The fraction of sp³-hybridized carbons (Fsp3) is 0.619. The SMILES string of the molecule is CC.CC.CC.CC1=C(c2ccccc2)OC(C)(C)C1(C)C. The van der Waals surface area contributed by atoms with Gasteiger partial charge in [0.15, 0.2) is 0 Å². The second-order valence-corrected chi connectivity index (χ2v) is 5.56. The van der Waals surface area contributed by atoms with E-state index in [9.17, 15) is 0 Å². The normalized spacial score (nSPS) is 16.9. The molecule has 128 valence electrons. The van der Waals surface area contributed by atoms with E-state index in [1.54, 1.807) is 0 Å². The summed E-state index contributed by atoms with van der Waals surface area (Å²) in [6.07, 6.45) is 0. The first-order valence-electron chi connectivity index (χ1n) is 8.82. The lowest BCUT2D eigenvalue weighted by Gasteiger charge is -2.34. The smallest absolute Gasteiger partial charge is 0.126 e. The minimum Gasteiger partial charge on any atom is -0.486 e. The molecule has 0 saturated heterocycles. The fourth-order valence-corrected chi connectivity index (χ4v) is 2.06. The Bertz CT molecular complexity index is 424. The Labute approximate surface area is 139 Å². The molecule has 0 aromatic heterocycles. The topological polar surface area (TPSA) is 9.23 Å². The molecule has 1 aromatic carbocycles. The van der Waals surface area contributed by atoms with Gasteiger partial charge in [0.25, 0.3) is 0 Å². The zero-order valence-electron chi connectivity index (χ0n) is 16.8. The van der Waals surface area contributed by atoms with E-state index in [1.165, 1.54) is 11.1 Å². The maximum absolute atomic E-state index is 6.14. The lowest BCUT2D eigenvalue weighted by atomic mass is 9.73. The van der Waals surface area contributed by atoms with Crippen molar-refractivity contribution in [2.45, 2.75) is 81.8 Å². The third kappa shape index (κ3) is 4.90. The number of benzene rings is 1. The highest BCUT2D eigenvalue weighted by molar-refractivity contribution is 5.67. The predicted molar refractivity (Wildman–Crippen MR) is 102 cm³/mol. The van der Waals surface area contributed by atoms with Crippen molar-refractivity contribution in [3.8, 4) is 0 Å². The van der Waals surface area contributed by atoms with Crippen LogP contribution in [0.25, 0.3) is 5.76 Å². The number of hydrogen-bond donors (Lipinski definition) is 0. The van der Waals surface area contributed by atoms with E-state index in [1.807, 2.05) is 47.6 Å². The highest BCUT2D eigenvalue weighted by Crippen LogP contribution is 2.51. The van der Waals surface area contributed by atoms with Gasteiger partial charge in [-0.25, -0.2) is 0 Å². The zero-order chi connectivity index (χ0) is 18.0. The summed E-state index contributed by atoms with van der Waals surface area (Å²) in [6.45, 7) is 23.0. The molecule has 1 aliphatic heterocycles. The summed E-state index contributed by atoms with van der Waals surface area (Å²) in [4.78, 5) is 0. The van der Waals surface area contributed by atoms with Crippen molar-refractivity contribution in [1.82, 2.24) is 0 Å². The molecule has 1 heteroatoms. The summed E-state index contributed by atoms with van der Waals surface area (Å²) in [7, 11) is 0. The molecule has 0 aliphatic carbocycles. The van der Waals surface area contributed by atoms with Crippen LogP contribution in [0.4, 0.5) is 0 Å². The molecule has 0 bridgehead atoms. The largest absolute Gasteiger partial charge is 0.486 e. The molecular weight excluding hydrogens is 268 g/mol. The fourth-order valence-electron chi connectivity index (χ4n) is 2.06. The first-order valence-corrected chi connectivity index (χ1v) is 8.82. The lowest BCUT2D eigenvalue weighted by Crippen LogP contribution is -2.36. The summed E-state index contributed by atoms with van der Waals surface area (Å²) < 4.78 is 6.14. The zero-order valence-corrected chi connectivity index (χ0v) is 16.8. The number of hydrogen-bond acceptors (Lipinski definition) is 1. The molecule has 2 rings (SSSR count). The van der Waals surface area contributed by atoms with Crippen molar-refractivity contribution in [2.24, 2.45) is 5.41 Å². The van der Waals surface area contributed by atoms with Gasteiger partial charge in [-0.1, -0.05) is 85.7 Å². The van der Waals surface area contributed by atoms with Crippen LogP contribution in [0.1, 0.15) is 81.7 Å². The van der Waals surface area contributed by atoms with Crippen LogP contribution >= 0.6 is 0 Å². The standard InChI is InChI=1S/C15H20O.3C2H6/c1-11-13(12-9-7-6-8-10-12)16-15(4,5)14(11,2)3;3*1-2/h6-10H,1-5H3;3*1-2H3. The Morgan fingerprint density at radius 3 is 1.45 bits per heavy atom. The lowest BCUT2D eigenvalue weighted by molar-refractivity contribution is 0.0162. The summed E-state index contributed by atoms with van der Waals surface area (Å²) in [5.74, 6) is 1.05. The summed E-state index contributed by atoms with van der Waals surface area (Å²) >= 11 is 0. The highest BCUT2D eigenvalue weighted by atomic mass is 16.5. The molecule has 0 radical (unpaired) electrons. The third-order valence-corrected chi connectivity index (χ3v) is 4.18. The van der Waals surface area contributed by atoms with Crippen LogP contribution in [0.2, 0.25) is 0 Å². The summed E-state index contributed by atoms with van der Waals surface area (Å²) in [5.41, 5.74) is 2.46. The van der Waals surface area contributed by atoms with Crippen LogP contribution in [0.5, 0.6) is 0 Å². The van der Waals surface area contributed by atoms with Gasteiger partial charge < -0.3 is 4.74 Å². The Hall–Kier alpha value is -1.24. The third-order valence-electron chi connectivity index (χ3n) is 4.18. The van der Waals surface area contributed by atoms with Crippen LogP contribution < -0.4 is 0 Å². The van der Waals surface area contributed by atoms with E-state index >= 15 is 0 Å². The number of rotatable bonds is 1. The molecule has 0 spiro atoms. The van der Waals surface area contributed by atoms with E-state index in [0.717, 1.165) is 5.76 Å². The van der Waals surface area contributed by atoms with E-state index < -0.39 is 0 Å². The molecule has 0 N–H and O–H groups in total. The summed E-state index contributed by atoms with van der Waals surface area (Å²) in [6, 6.07) is 10.4. The van der Waals surface area contributed by atoms with E-state index in [-0.39, 0.29) is 11.0 Å². The van der Waals surface area contributed by atoms with Gasteiger partial charge in [0.05, 0.1) is 0 Å². The monoisotopic (exact) mass is 306 g/mol. The van der Waals surface area contributed by atoms with Crippen LogP contribution in [0.15, 0.2) is 35.9 Å². The Morgan fingerprint density at radius 2 is 1.14 bits per heavy atom. The molecule has 0 fully saturated rings. The van der Waals surface area contributed by atoms with Gasteiger partial charge in [-0.05, 0) is 26.3 Å². The minimum atomic E-state index is -0.137. The van der Waals surface area contributed by atoms with Gasteiger partial charge in [-0.15, -0.1) is 0 Å². The Morgan fingerprint density at radius 1 is 0.727 bits per heavy atom. The second kappa shape index (κ2) is 10.5. The second-order valence-electron chi connectivity index (χ2n) is 5.56. The molecule has 0 saturated carbocycles. The van der Waals surface area contributed by atoms with Crippen molar-refractivity contribution in [3.63, 3.8) is 0 Å². The van der Waals surface area contributed by atoms with Crippen LogP contribution in [0.3, 0.4) is 0 Å². The molecule has 1 nitrogen and oxygen atoms in total. The van der Waals surface area contributed by atoms with Crippen molar-refractivity contribution in [2.75, 3.05) is 0 Å². The molecule has 1 aliphatic rings. The van der Waals surface area contributed by atoms with Gasteiger partial charge >= 0.3 is 0 Å². The van der Waals surface area contributed by atoms with Crippen molar-refractivity contribution >= 4 is 5.76 Å². The van der Waals surface area contributed by atoms with E-state index in [2.05, 4.69) is 58.9 Å².